The zero-order chi connectivity index (χ0) is 13.0. The number of nitrogens with zero attached hydrogens (tertiary/aromatic N) is 1. The minimum Gasteiger partial charge on any atom is -0.386 e. The zero-order valence-electron chi connectivity index (χ0n) is 11.0. The topological polar surface area (TPSA) is 82.2 Å². The summed E-state index contributed by atoms with van der Waals surface area (Å²) >= 11 is 0. The Labute approximate surface area is 109 Å². The van der Waals surface area contributed by atoms with Crippen LogP contribution in [0.15, 0.2) is 0 Å². The van der Waals surface area contributed by atoms with Crippen molar-refractivity contribution in [3.8, 4) is 0 Å². The highest BCUT2D eigenvalue weighted by molar-refractivity contribution is 5.91. The highest BCUT2D eigenvalue weighted by atomic mass is 16.2. The van der Waals surface area contributed by atoms with Gasteiger partial charge in [0.1, 0.15) is 5.84 Å². The van der Waals surface area contributed by atoms with Crippen LogP contribution in [0.25, 0.3) is 0 Å². The molecule has 0 atom stereocenters. The van der Waals surface area contributed by atoms with Gasteiger partial charge in [0, 0.05) is 13.1 Å². The fourth-order valence-corrected chi connectivity index (χ4v) is 3.00. The fraction of sp³-hybridized carbons (Fsp3) is 0.846. The van der Waals surface area contributed by atoms with Crippen LogP contribution in [0.4, 0.5) is 4.79 Å². The molecule has 0 aromatic rings. The van der Waals surface area contributed by atoms with Crippen molar-refractivity contribution < 1.29 is 4.79 Å². The molecule has 0 radical (unpaired) electrons. The summed E-state index contributed by atoms with van der Waals surface area (Å²) in [5.74, 6) is 0.118. The summed E-state index contributed by atoms with van der Waals surface area (Å²) in [5, 5.41) is 10.8. The summed E-state index contributed by atoms with van der Waals surface area (Å²) in [6.45, 7) is 1.67. The second-order valence-corrected chi connectivity index (χ2v) is 5.53. The number of nitrogens with one attached hydrogen (secondary N) is 2. The standard InChI is InChI=1S/C13H24N4O/c14-11(15)13(7-3-1-4-8-13)16-12(18)17-9-5-2-6-10-17/h1-10H2,(H3,14,15)(H,16,18). The third-order valence-electron chi connectivity index (χ3n) is 4.21. The molecule has 1 aliphatic heterocycles. The van der Waals surface area contributed by atoms with E-state index in [1.54, 1.807) is 0 Å². The molecule has 102 valence electrons. The molecule has 0 aromatic carbocycles. The van der Waals surface area contributed by atoms with Gasteiger partial charge in [-0.2, -0.15) is 0 Å². The Hall–Kier alpha value is -1.26. The molecule has 0 spiro atoms. The van der Waals surface area contributed by atoms with Crippen LogP contribution in [0.2, 0.25) is 0 Å². The van der Waals surface area contributed by atoms with E-state index in [-0.39, 0.29) is 11.9 Å². The first-order valence-electron chi connectivity index (χ1n) is 7.06. The summed E-state index contributed by atoms with van der Waals surface area (Å²) in [4.78, 5) is 14.1. The quantitative estimate of drug-likeness (QED) is 0.517. The molecule has 1 saturated heterocycles. The summed E-state index contributed by atoms with van der Waals surface area (Å²) < 4.78 is 0. The minimum atomic E-state index is -0.577. The number of nitrogens with two attached hydrogens (primary N) is 1. The van der Waals surface area contributed by atoms with Gasteiger partial charge in [0.25, 0.3) is 0 Å². The van der Waals surface area contributed by atoms with Gasteiger partial charge in [0.15, 0.2) is 0 Å². The number of amides is 2. The molecule has 0 bridgehead atoms. The summed E-state index contributed by atoms with van der Waals surface area (Å²) in [6.07, 6.45) is 8.25. The van der Waals surface area contributed by atoms with Crippen molar-refractivity contribution in [1.29, 1.82) is 5.41 Å². The smallest absolute Gasteiger partial charge is 0.318 e. The Bertz CT molecular complexity index is 317. The number of likely N-dealkylation sites (tertiary alicyclic amines) is 1. The third-order valence-corrected chi connectivity index (χ3v) is 4.21. The number of carbonyl (C=O) groups is 1. The molecule has 5 nitrogen and oxygen atoms in total. The van der Waals surface area contributed by atoms with E-state index >= 15 is 0 Å². The molecule has 2 fully saturated rings. The lowest BCUT2D eigenvalue weighted by Crippen LogP contribution is -2.61. The van der Waals surface area contributed by atoms with E-state index in [2.05, 4.69) is 5.32 Å². The number of hydrogen-bond donors (Lipinski definition) is 3. The van der Waals surface area contributed by atoms with E-state index in [1.165, 1.54) is 12.8 Å². The van der Waals surface area contributed by atoms with Crippen LogP contribution >= 0.6 is 0 Å². The van der Waals surface area contributed by atoms with Crippen LogP contribution in [0.3, 0.4) is 0 Å². The number of rotatable bonds is 2. The Morgan fingerprint density at radius 3 is 2.17 bits per heavy atom. The monoisotopic (exact) mass is 252 g/mol. The summed E-state index contributed by atoms with van der Waals surface area (Å²) in [5.41, 5.74) is 5.15. The Morgan fingerprint density at radius 1 is 1.06 bits per heavy atom. The molecule has 0 unspecified atom stereocenters. The minimum absolute atomic E-state index is 0.0354. The van der Waals surface area contributed by atoms with E-state index in [9.17, 15) is 4.79 Å². The molecule has 2 rings (SSSR count). The molecular weight excluding hydrogens is 228 g/mol. The lowest BCUT2D eigenvalue weighted by atomic mass is 9.81. The number of piperidine rings is 1. The number of carbonyl (C=O) groups excluding carboxylic acids is 1. The van der Waals surface area contributed by atoms with E-state index in [0.29, 0.717) is 0 Å². The van der Waals surface area contributed by atoms with Crippen molar-refractivity contribution in [2.24, 2.45) is 5.73 Å². The van der Waals surface area contributed by atoms with Crippen molar-refractivity contribution in [1.82, 2.24) is 10.2 Å². The van der Waals surface area contributed by atoms with Crippen molar-refractivity contribution in [2.45, 2.75) is 56.9 Å². The van der Waals surface area contributed by atoms with Crippen molar-refractivity contribution >= 4 is 11.9 Å². The van der Waals surface area contributed by atoms with E-state index in [0.717, 1.165) is 51.6 Å². The molecule has 2 aliphatic rings. The van der Waals surface area contributed by atoms with Gasteiger partial charge < -0.3 is 16.0 Å². The van der Waals surface area contributed by atoms with Crippen LogP contribution < -0.4 is 11.1 Å². The average Bonchev–Trinajstić information content (AvgIpc) is 2.40. The Balaban J connectivity index is 1.99. The lowest BCUT2D eigenvalue weighted by molar-refractivity contribution is 0.173. The van der Waals surface area contributed by atoms with Crippen LogP contribution in [-0.4, -0.2) is 35.4 Å². The highest BCUT2D eigenvalue weighted by Gasteiger charge is 2.37. The maximum atomic E-state index is 12.2. The summed E-state index contributed by atoms with van der Waals surface area (Å²) in [7, 11) is 0. The number of hydrogen-bond acceptors (Lipinski definition) is 2. The maximum absolute atomic E-state index is 12.2. The first-order valence-corrected chi connectivity index (χ1v) is 7.06. The third kappa shape index (κ3) is 2.76. The van der Waals surface area contributed by atoms with Crippen LogP contribution in [0.5, 0.6) is 0 Å². The van der Waals surface area contributed by atoms with Gasteiger partial charge in [0.05, 0.1) is 5.54 Å². The fourth-order valence-electron chi connectivity index (χ4n) is 3.00. The van der Waals surface area contributed by atoms with E-state index < -0.39 is 5.54 Å². The molecule has 0 aromatic heterocycles. The Kier molecular flexibility index (Phi) is 4.09. The van der Waals surface area contributed by atoms with Gasteiger partial charge in [-0.25, -0.2) is 4.79 Å². The molecule has 1 saturated carbocycles. The van der Waals surface area contributed by atoms with E-state index in [4.69, 9.17) is 11.1 Å². The van der Waals surface area contributed by atoms with Gasteiger partial charge in [-0.15, -0.1) is 0 Å². The van der Waals surface area contributed by atoms with Gasteiger partial charge in [0.2, 0.25) is 0 Å². The molecule has 1 aliphatic carbocycles. The lowest BCUT2D eigenvalue weighted by Gasteiger charge is -2.39. The second kappa shape index (κ2) is 5.59. The van der Waals surface area contributed by atoms with E-state index in [1.807, 2.05) is 4.90 Å². The van der Waals surface area contributed by atoms with Gasteiger partial charge >= 0.3 is 6.03 Å². The van der Waals surface area contributed by atoms with Crippen molar-refractivity contribution in [2.75, 3.05) is 13.1 Å². The predicted molar refractivity (Wildman–Crippen MR) is 71.7 cm³/mol. The van der Waals surface area contributed by atoms with Crippen molar-refractivity contribution in [3.05, 3.63) is 0 Å². The molecule has 5 heteroatoms. The molecule has 18 heavy (non-hydrogen) atoms. The number of urea groups is 1. The van der Waals surface area contributed by atoms with Gasteiger partial charge in [-0.1, -0.05) is 19.3 Å². The average molecular weight is 252 g/mol. The molecular formula is C13H24N4O. The number of amidine groups is 1. The van der Waals surface area contributed by atoms with Gasteiger partial charge in [-0.3, -0.25) is 5.41 Å². The van der Waals surface area contributed by atoms with Crippen LogP contribution in [0, 0.1) is 5.41 Å². The second-order valence-electron chi connectivity index (χ2n) is 5.53. The van der Waals surface area contributed by atoms with Gasteiger partial charge in [-0.05, 0) is 32.1 Å². The summed E-state index contributed by atoms with van der Waals surface area (Å²) in [6, 6.07) is -0.0354. The van der Waals surface area contributed by atoms with Crippen LogP contribution in [-0.2, 0) is 0 Å². The normalized spacial score (nSPS) is 23.4. The molecule has 2 amide bonds. The largest absolute Gasteiger partial charge is 0.386 e. The van der Waals surface area contributed by atoms with Crippen molar-refractivity contribution in [3.63, 3.8) is 0 Å². The first kappa shape index (κ1) is 13.2. The molecule has 4 N–H and O–H groups in total. The first-order chi connectivity index (χ1) is 8.64. The highest BCUT2D eigenvalue weighted by Crippen LogP contribution is 2.28. The SMILES string of the molecule is N=C(N)C1(NC(=O)N2CCCCC2)CCCCC1. The maximum Gasteiger partial charge on any atom is 0.318 e. The Morgan fingerprint density at radius 2 is 1.61 bits per heavy atom. The zero-order valence-corrected chi connectivity index (χ0v) is 11.0. The predicted octanol–water partition coefficient (Wildman–Crippen LogP) is 1.82. The molecule has 1 heterocycles. The van der Waals surface area contributed by atoms with Crippen LogP contribution in [0.1, 0.15) is 51.4 Å².